The molecule has 0 spiro atoms. The van der Waals surface area contributed by atoms with Crippen LogP contribution in [0.4, 0.5) is 0 Å². The van der Waals surface area contributed by atoms with Crippen LogP contribution >= 0.6 is 24.0 Å². The van der Waals surface area contributed by atoms with Crippen molar-refractivity contribution in [1.82, 2.24) is 0 Å². The predicted molar refractivity (Wildman–Crippen MR) is 43.0 cm³/mol. The fourth-order valence-electron chi connectivity index (χ4n) is 0.531. The van der Waals surface area contributed by atoms with E-state index in [2.05, 4.69) is 12.6 Å². The Morgan fingerprint density at radius 1 is 1.60 bits per heavy atom. The van der Waals surface area contributed by atoms with Gasteiger partial charge in [0.2, 0.25) is 5.12 Å². The van der Waals surface area contributed by atoms with E-state index in [1.165, 1.54) is 0 Å². The molecule has 52 valence electrons. The van der Waals surface area contributed by atoms with Gasteiger partial charge in [-0.2, -0.15) is 0 Å². The number of aldehydes is 1. The molecule has 0 fully saturated rings. The summed E-state index contributed by atoms with van der Waals surface area (Å²) in [5, 5.41) is -0.293. The molecule has 0 saturated heterocycles. The van der Waals surface area contributed by atoms with Gasteiger partial charge in [0, 0.05) is 0 Å². The van der Waals surface area contributed by atoms with Crippen LogP contribution < -0.4 is 0 Å². The minimum absolute atomic E-state index is 0.293. The number of carbonyl (C=O) groups is 2. The van der Waals surface area contributed by atoms with Crippen LogP contribution in [0, 0.1) is 0 Å². The maximum Gasteiger partial charge on any atom is 0.226 e. The summed E-state index contributed by atoms with van der Waals surface area (Å²) >= 11 is 4.74. The van der Waals surface area contributed by atoms with Gasteiger partial charge in [0.1, 0.15) is 0 Å². The van der Waals surface area contributed by atoms with Crippen LogP contribution in [0.15, 0.2) is 12.1 Å². The molecule has 1 rings (SSSR count). The summed E-state index contributed by atoms with van der Waals surface area (Å²) in [6, 6.07) is 3.19. The fraction of sp³-hybridized carbons (Fsp3) is 0. The average molecular weight is 172 g/mol. The summed E-state index contributed by atoms with van der Waals surface area (Å²) in [7, 11) is 0. The molecule has 0 aromatic carbocycles. The minimum atomic E-state index is -0.293. The molecule has 2 nitrogen and oxygen atoms in total. The standard InChI is InChI=1S/C6H4O2S2/c7-3-4-1-2-5(10-4)6(8)9/h1-3H,(H,8,9). The van der Waals surface area contributed by atoms with Gasteiger partial charge in [0.25, 0.3) is 0 Å². The highest BCUT2D eigenvalue weighted by molar-refractivity contribution is 7.97. The summed E-state index contributed by atoms with van der Waals surface area (Å²) in [5.74, 6) is 0. The molecule has 0 bridgehead atoms. The Morgan fingerprint density at radius 2 is 2.30 bits per heavy atom. The number of thiol groups is 1. The quantitative estimate of drug-likeness (QED) is 0.543. The van der Waals surface area contributed by atoms with Crippen LogP contribution in [-0.4, -0.2) is 11.4 Å². The molecule has 0 radical (unpaired) electrons. The van der Waals surface area contributed by atoms with Crippen molar-refractivity contribution < 1.29 is 9.59 Å². The molecule has 0 aliphatic carbocycles. The molecule has 10 heavy (non-hydrogen) atoms. The lowest BCUT2D eigenvalue weighted by atomic mass is 10.4. The van der Waals surface area contributed by atoms with Gasteiger partial charge in [-0.15, -0.1) is 11.3 Å². The minimum Gasteiger partial charge on any atom is -0.297 e. The zero-order valence-corrected chi connectivity index (χ0v) is 6.61. The van der Waals surface area contributed by atoms with Gasteiger partial charge < -0.3 is 0 Å². The van der Waals surface area contributed by atoms with Gasteiger partial charge in [-0.25, -0.2) is 0 Å². The molecule has 1 aromatic rings. The Morgan fingerprint density at radius 3 is 2.60 bits per heavy atom. The Hall–Kier alpha value is -0.610. The van der Waals surface area contributed by atoms with Crippen molar-refractivity contribution >= 4 is 35.4 Å². The highest BCUT2D eigenvalue weighted by Crippen LogP contribution is 2.15. The fourth-order valence-corrected chi connectivity index (χ4v) is 1.40. The second-order valence-electron chi connectivity index (χ2n) is 1.63. The van der Waals surface area contributed by atoms with Crippen molar-refractivity contribution in [3.05, 3.63) is 21.9 Å². The van der Waals surface area contributed by atoms with Gasteiger partial charge in [0.05, 0.1) is 9.75 Å². The first-order chi connectivity index (χ1) is 4.74. The van der Waals surface area contributed by atoms with Crippen molar-refractivity contribution in [3.63, 3.8) is 0 Å². The summed E-state index contributed by atoms with van der Waals surface area (Å²) in [6.45, 7) is 0. The Kier molecular flexibility index (Phi) is 2.24. The van der Waals surface area contributed by atoms with Crippen LogP contribution in [0.2, 0.25) is 0 Å². The first-order valence-electron chi connectivity index (χ1n) is 2.52. The van der Waals surface area contributed by atoms with Gasteiger partial charge in [0.15, 0.2) is 6.29 Å². The number of rotatable bonds is 2. The molecule has 0 aliphatic rings. The van der Waals surface area contributed by atoms with Crippen LogP contribution in [-0.2, 0) is 0 Å². The monoisotopic (exact) mass is 172 g/mol. The molecule has 1 aromatic heterocycles. The summed E-state index contributed by atoms with van der Waals surface area (Å²) in [6.07, 6.45) is 0.713. The first kappa shape index (κ1) is 7.50. The van der Waals surface area contributed by atoms with Gasteiger partial charge >= 0.3 is 0 Å². The smallest absolute Gasteiger partial charge is 0.226 e. The maximum atomic E-state index is 10.5. The zero-order chi connectivity index (χ0) is 7.56. The van der Waals surface area contributed by atoms with Gasteiger partial charge in [-0.3, -0.25) is 9.59 Å². The molecule has 0 aliphatic heterocycles. The van der Waals surface area contributed by atoms with E-state index in [-0.39, 0.29) is 5.12 Å². The number of carbonyl (C=O) groups excluding carboxylic acids is 2. The van der Waals surface area contributed by atoms with Crippen LogP contribution in [0.3, 0.4) is 0 Å². The number of hydrogen-bond donors (Lipinski definition) is 1. The van der Waals surface area contributed by atoms with E-state index >= 15 is 0 Å². The molecule has 0 amide bonds. The summed E-state index contributed by atoms with van der Waals surface area (Å²) in [4.78, 5) is 21.7. The molecule has 0 N–H and O–H groups in total. The third-order valence-corrected chi connectivity index (χ3v) is 2.36. The van der Waals surface area contributed by atoms with Crippen LogP contribution in [0.1, 0.15) is 19.3 Å². The summed E-state index contributed by atoms with van der Waals surface area (Å²) in [5.41, 5.74) is 0. The SMILES string of the molecule is O=Cc1ccc(C(=O)S)s1. The second-order valence-corrected chi connectivity index (χ2v) is 3.15. The molecule has 0 saturated carbocycles. The van der Waals surface area contributed by atoms with E-state index in [4.69, 9.17) is 0 Å². The highest BCUT2D eigenvalue weighted by Gasteiger charge is 2.02. The normalized spacial score (nSPS) is 9.30. The molecular weight excluding hydrogens is 168 g/mol. The third-order valence-electron chi connectivity index (χ3n) is 0.954. The Balaban J connectivity index is 2.98. The zero-order valence-electron chi connectivity index (χ0n) is 4.90. The number of hydrogen-bond acceptors (Lipinski definition) is 3. The molecule has 4 heteroatoms. The summed E-state index contributed by atoms with van der Waals surface area (Å²) < 4.78 is 0. The lowest BCUT2D eigenvalue weighted by Gasteiger charge is -1.79. The molecule has 0 unspecified atom stereocenters. The topological polar surface area (TPSA) is 34.1 Å². The average Bonchev–Trinajstić information content (AvgIpc) is 2.34. The van der Waals surface area contributed by atoms with Crippen molar-refractivity contribution in [2.45, 2.75) is 0 Å². The van der Waals surface area contributed by atoms with Gasteiger partial charge in [-0.05, 0) is 12.1 Å². The van der Waals surface area contributed by atoms with E-state index in [1.807, 2.05) is 0 Å². The molecule has 0 atom stereocenters. The largest absolute Gasteiger partial charge is 0.297 e. The third kappa shape index (κ3) is 1.46. The Bertz CT molecular complexity index is 264. The van der Waals surface area contributed by atoms with E-state index in [0.29, 0.717) is 16.0 Å². The maximum absolute atomic E-state index is 10.5. The van der Waals surface area contributed by atoms with Crippen molar-refractivity contribution in [2.24, 2.45) is 0 Å². The van der Waals surface area contributed by atoms with Crippen molar-refractivity contribution in [1.29, 1.82) is 0 Å². The van der Waals surface area contributed by atoms with Gasteiger partial charge in [-0.1, -0.05) is 12.6 Å². The van der Waals surface area contributed by atoms with Crippen LogP contribution in [0.5, 0.6) is 0 Å². The number of thiophene rings is 1. The predicted octanol–water partition coefficient (Wildman–Crippen LogP) is 1.63. The molecule has 1 heterocycles. The van der Waals surface area contributed by atoms with Crippen molar-refractivity contribution in [2.75, 3.05) is 0 Å². The van der Waals surface area contributed by atoms with Crippen LogP contribution in [0.25, 0.3) is 0 Å². The lowest BCUT2D eigenvalue weighted by Crippen LogP contribution is -1.78. The van der Waals surface area contributed by atoms with E-state index in [9.17, 15) is 9.59 Å². The highest BCUT2D eigenvalue weighted by atomic mass is 32.1. The van der Waals surface area contributed by atoms with E-state index in [1.54, 1.807) is 12.1 Å². The molecular formula is C6H4O2S2. The van der Waals surface area contributed by atoms with E-state index < -0.39 is 0 Å². The van der Waals surface area contributed by atoms with Crippen molar-refractivity contribution in [3.8, 4) is 0 Å². The van der Waals surface area contributed by atoms with E-state index in [0.717, 1.165) is 11.3 Å². The lowest BCUT2D eigenvalue weighted by molar-refractivity contribution is 0.109. The first-order valence-corrected chi connectivity index (χ1v) is 3.78. The Labute approximate surface area is 67.3 Å². The second kappa shape index (κ2) is 2.98.